The van der Waals surface area contributed by atoms with Crippen molar-refractivity contribution in [3.05, 3.63) is 22.8 Å². The van der Waals surface area contributed by atoms with Gasteiger partial charge in [-0.2, -0.15) is 10.5 Å². The molecule has 0 saturated carbocycles. The molecule has 0 heterocycles. The summed E-state index contributed by atoms with van der Waals surface area (Å²) in [5, 5.41) is 16.9. The van der Waals surface area contributed by atoms with Gasteiger partial charge >= 0.3 is 13.5 Å². The van der Waals surface area contributed by atoms with Gasteiger partial charge in [-0.1, -0.05) is 0 Å². The second kappa shape index (κ2) is 13.2. The number of ether oxygens (including phenoxy) is 4. The van der Waals surface area contributed by atoms with Crippen LogP contribution in [0.4, 0.5) is 0 Å². The van der Waals surface area contributed by atoms with Crippen molar-refractivity contribution in [1.29, 1.82) is 10.5 Å². The largest absolute Gasteiger partial charge is 0.364 e. The minimum Gasteiger partial charge on any atom is -0.364 e. The van der Waals surface area contributed by atoms with Crippen molar-refractivity contribution < 1.29 is 18.9 Å². The molecule has 0 amide bonds. The van der Waals surface area contributed by atoms with Gasteiger partial charge in [0.1, 0.15) is 25.4 Å². The average Bonchev–Trinajstić information content (AvgIpc) is 2.47. The molecule has 8 heteroatoms. The van der Waals surface area contributed by atoms with Crippen LogP contribution in [0.2, 0.25) is 0 Å². The van der Waals surface area contributed by atoms with E-state index in [9.17, 15) is 0 Å². The summed E-state index contributed by atoms with van der Waals surface area (Å²) in [6.07, 6.45) is -1.31. The molecule has 0 fully saturated rings. The fraction of sp³-hybridized carbons (Fsp3) is 0.667. The summed E-state index contributed by atoms with van der Waals surface area (Å²) < 4.78 is 20.6. The Hall–Kier alpha value is -2.20. The van der Waals surface area contributed by atoms with Gasteiger partial charge < -0.3 is 18.9 Å². The molecule has 0 aliphatic rings. The summed E-state index contributed by atoms with van der Waals surface area (Å²) in [6, 6.07) is 3.63. The quantitative estimate of drug-likeness (QED) is 0.405. The van der Waals surface area contributed by atoms with Crippen LogP contribution in [0, 0.1) is 35.8 Å². The lowest BCUT2D eigenvalue weighted by molar-refractivity contribution is -0.112. The van der Waals surface area contributed by atoms with E-state index >= 15 is 0 Å². The Kier molecular flexibility index (Phi) is 11.8. The van der Waals surface area contributed by atoms with Crippen molar-refractivity contribution >= 4 is 0 Å². The third-order valence-corrected chi connectivity index (χ3v) is 2.02. The highest BCUT2D eigenvalue weighted by Crippen LogP contribution is 2.07. The zero-order chi connectivity index (χ0) is 15.1. The summed E-state index contributed by atoms with van der Waals surface area (Å²) in [4.78, 5) is 6.09. The van der Waals surface area contributed by atoms with E-state index < -0.39 is 12.2 Å². The van der Waals surface area contributed by atoms with Gasteiger partial charge in [-0.15, -0.1) is 0 Å². The van der Waals surface area contributed by atoms with Gasteiger partial charge in [-0.25, -0.2) is 13.1 Å². The van der Waals surface area contributed by atoms with Gasteiger partial charge in [0.2, 0.25) is 0 Å². The second-order valence-corrected chi connectivity index (χ2v) is 3.33. The highest BCUT2D eigenvalue weighted by atomic mass is 16.6. The van der Waals surface area contributed by atoms with Crippen LogP contribution < -0.4 is 0 Å². The van der Waals surface area contributed by atoms with Crippen LogP contribution in [0.25, 0.3) is 9.69 Å². The highest BCUT2D eigenvalue weighted by molar-refractivity contribution is 4.77. The lowest BCUT2D eigenvalue weighted by atomic mass is 10.2. The Balaban J connectivity index is 4.51. The topological polar surface area (TPSA) is 93.2 Å². The second-order valence-electron chi connectivity index (χ2n) is 3.33. The third-order valence-electron chi connectivity index (χ3n) is 2.02. The van der Waals surface area contributed by atoms with Gasteiger partial charge in [0.15, 0.2) is 0 Å². The fourth-order valence-electron chi connectivity index (χ4n) is 1.24. The number of hydrogen-bond donors (Lipinski definition) is 0. The molecule has 0 aliphatic carbocycles. The van der Waals surface area contributed by atoms with Crippen LogP contribution in [-0.2, 0) is 18.9 Å². The zero-order valence-electron chi connectivity index (χ0n) is 10.8. The summed E-state index contributed by atoms with van der Waals surface area (Å²) in [5.41, 5.74) is 0. The SMILES string of the molecule is [C-]#[N+]COCC(OC[N+]#[C-])C(COCC#N)OCC#N. The highest BCUT2D eigenvalue weighted by Gasteiger charge is 2.25. The van der Waals surface area contributed by atoms with Crippen molar-refractivity contribution in [2.45, 2.75) is 12.2 Å². The van der Waals surface area contributed by atoms with E-state index in [1.54, 1.807) is 0 Å². The van der Waals surface area contributed by atoms with Gasteiger partial charge in [0.25, 0.3) is 0 Å². The molecule has 0 spiro atoms. The molecule has 0 aromatic carbocycles. The summed E-state index contributed by atoms with van der Waals surface area (Å²) >= 11 is 0. The van der Waals surface area contributed by atoms with E-state index in [-0.39, 0.29) is 39.9 Å². The number of nitrogens with zero attached hydrogens (tertiary/aromatic N) is 4. The number of nitriles is 2. The van der Waals surface area contributed by atoms with Gasteiger partial charge in [0.05, 0.1) is 25.4 Å². The Bertz CT molecular complexity index is 375. The van der Waals surface area contributed by atoms with E-state index in [1.165, 1.54) is 0 Å². The molecule has 20 heavy (non-hydrogen) atoms. The molecule has 0 saturated heterocycles. The summed E-state index contributed by atoms with van der Waals surface area (Å²) in [6.45, 7) is 12.7. The van der Waals surface area contributed by atoms with Crippen LogP contribution in [0.1, 0.15) is 0 Å². The minimum atomic E-state index is -0.657. The minimum absolute atomic E-state index is 0.0271. The monoisotopic (exact) mass is 278 g/mol. The molecule has 0 aromatic rings. The van der Waals surface area contributed by atoms with Gasteiger partial charge in [-0.05, 0) is 0 Å². The van der Waals surface area contributed by atoms with Crippen LogP contribution in [0.15, 0.2) is 0 Å². The van der Waals surface area contributed by atoms with Crippen LogP contribution in [-0.4, -0.2) is 52.1 Å². The fourth-order valence-corrected chi connectivity index (χ4v) is 1.24. The molecule has 0 N–H and O–H groups in total. The first-order chi connectivity index (χ1) is 9.79. The van der Waals surface area contributed by atoms with Gasteiger partial charge in [-0.3, -0.25) is 9.69 Å². The van der Waals surface area contributed by atoms with Crippen molar-refractivity contribution in [3.8, 4) is 12.1 Å². The third kappa shape index (κ3) is 8.83. The lowest BCUT2D eigenvalue weighted by Crippen LogP contribution is -2.39. The Labute approximate surface area is 117 Å². The Morgan fingerprint density at radius 3 is 2.05 bits per heavy atom. The molecule has 0 aliphatic heterocycles. The summed E-state index contributed by atoms with van der Waals surface area (Å²) in [7, 11) is 0. The zero-order valence-corrected chi connectivity index (χ0v) is 10.8. The maximum atomic E-state index is 8.53. The normalized spacial score (nSPS) is 12.4. The van der Waals surface area contributed by atoms with E-state index in [4.69, 9.17) is 42.6 Å². The molecule has 0 bridgehead atoms. The van der Waals surface area contributed by atoms with E-state index in [2.05, 4.69) is 9.69 Å². The van der Waals surface area contributed by atoms with Crippen molar-refractivity contribution in [2.75, 3.05) is 39.9 Å². The Morgan fingerprint density at radius 1 is 0.850 bits per heavy atom. The van der Waals surface area contributed by atoms with E-state index in [1.807, 2.05) is 12.1 Å². The number of rotatable bonds is 11. The standard InChI is InChI=1S/C12H14N4O4/c1-15-9-18-8-12(20-10-16-2)11(19-6-4-14)7-17-5-3-13/h11-12H,5-10H2. The van der Waals surface area contributed by atoms with Crippen molar-refractivity contribution in [1.82, 2.24) is 0 Å². The smallest absolute Gasteiger partial charge is 0.318 e. The molecule has 106 valence electrons. The van der Waals surface area contributed by atoms with Crippen molar-refractivity contribution in [3.63, 3.8) is 0 Å². The predicted octanol–water partition coefficient (Wildman–Crippen LogP) is 0.591. The number of hydrogen-bond acceptors (Lipinski definition) is 6. The van der Waals surface area contributed by atoms with Crippen molar-refractivity contribution in [2.24, 2.45) is 0 Å². The van der Waals surface area contributed by atoms with Crippen LogP contribution in [0.5, 0.6) is 0 Å². The average molecular weight is 278 g/mol. The van der Waals surface area contributed by atoms with Crippen LogP contribution >= 0.6 is 0 Å². The molecule has 0 radical (unpaired) electrons. The molecule has 0 aromatic heterocycles. The first kappa shape index (κ1) is 17.8. The molecule has 0 rings (SSSR count). The molecular weight excluding hydrogens is 264 g/mol. The van der Waals surface area contributed by atoms with E-state index in [0.717, 1.165) is 0 Å². The Morgan fingerprint density at radius 2 is 1.45 bits per heavy atom. The van der Waals surface area contributed by atoms with Gasteiger partial charge in [0, 0.05) is 0 Å². The summed E-state index contributed by atoms with van der Waals surface area (Å²) in [5.74, 6) is 0. The molecular formula is C12H14N4O4. The lowest BCUT2D eigenvalue weighted by Gasteiger charge is -2.23. The first-order valence-electron chi connectivity index (χ1n) is 5.59. The first-order valence-corrected chi connectivity index (χ1v) is 5.59. The molecule has 8 nitrogen and oxygen atoms in total. The maximum Gasteiger partial charge on any atom is 0.318 e. The van der Waals surface area contributed by atoms with E-state index in [0.29, 0.717) is 0 Å². The molecule has 2 unspecified atom stereocenters. The van der Waals surface area contributed by atoms with Crippen LogP contribution in [0.3, 0.4) is 0 Å². The predicted molar refractivity (Wildman–Crippen MR) is 65.5 cm³/mol. The maximum absolute atomic E-state index is 8.53. The molecule has 2 atom stereocenters.